The molecule has 0 saturated carbocycles. The molecule has 22 heteroatoms. The van der Waals surface area contributed by atoms with E-state index in [0.717, 1.165) is 72.7 Å². The number of aryl methyl sites for hydroxylation is 2. The highest BCUT2D eigenvalue weighted by Crippen LogP contribution is 2.45. The van der Waals surface area contributed by atoms with Crippen molar-refractivity contribution in [2.45, 2.75) is 135 Å². The number of aromatic nitrogens is 4. The lowest BCUT2D eigenvalue weighted by atomic mass is 9.85. The van der Waals surface area contributed by atoms with Gasteiger partial charge in [0.05, 0.1) is 52.4 Å². The quantitative estimate of drug-likeness (QED) is 0.0454. The third-order valence-corrected chi connectivity index (χ3v) is 16.8. The first kappa shape index (κ1) is 56.7. The zero-order valence-electron chi connectivity index (χ0n) is 45.5. The van der Waals surface area contributed by atoms with E-state index in [4.69, 9.17) is 4.84 Å². The van der Waals surface area contributed by atoms with E-state index in [1.807, 2.05) is 64.4 Å². The fourth-order valence-electron chi connectivity index (χ4n) is 10.8. The zero-order valence-corrected chi connectivity index (χ0v) is 47.2. The standard InChI is InChI=1S/C57H68F2N10O8S2/c1-33-49(78-32-63-33)34-17-19-37(20-18-34)57(5)65-51(66-77-57)45-24-39(70)29-69(45)55(74)50(56(2,3)4)64-46(71)16-14-12-10-8-9-11-13-15-21-60-53(72)40-25-44-41(22-35(40)31-79(7,75)76)42-30-67(6)54(73)48-47(42)36(26-61-48)28-68(44)52-43(59)23-38(58)27-62-52/h17-20,22-23,25-27,30,32,39,45,50,61,70H,8-16,21,24,28-29,31H2,1-7H3,(H,60,72)(H,64,71)(H,65,66)/t39-,45+,50?,57-/m1/s1. The second-order valence-corrected chi connectivity index (χ2v) is 25.3. The first-order chi connectivity index (χ1) is 37.5. The van der Waals surface area contributed by atoms with Crippen LogP contribution in [0.2, 0.25) is 0 Å². The number of aliphatic hydroxyl groups is 1. The van der Waals surface area contributed by atoms with Gasteiger partial charge in [-0.25, -0.2) is 27.2 Å². The third-order valence-electron chi connectivity index (χ3n) is 15.0. The summed E-state index contributed by atoms with van der Waals surface area (Å²) in [5, 5.41) is 25.1. The van der Waals surface area contributed by atoms with Crippen molar-refractivity contribution in [3.63, 3.8) is 0 Å². The molecule has 0 radical (unpaired) electrons. The number of pyridine rings is 2. The molecule has 79 heavy (non-hydrogen) atoms. The molecule has 3 aliphatic heterocycles. The molecule has 0 bridgehead atoms. The van der Waals surface area contributed by atoms with E-state index in [1.165, 1.54) is 15.5 Å². The molecule has 1 saturated heterocycles. The highest BCUT2D eigenvalue weighted by molar-refractivity contribution is 7.89. The van der Waals surface area contributed by atoms with Gasteiger partial charge in [0.15, 0.2) is 27.3 Å². The molecular weight excluding hydrogens is 1050 g/mol. The van der Waals surface area contributed by atoms with Crippen molar-refractivity contribution in [3.8, 4) is 21.6 Å². The van der Waals surface area contributed by atoms with Crippen LogP contribution in [-0.4, -0.2) is 99.0 Å². The number of thiazole rings is 1. The van der Waals surface area contributed by atoms with Crippen molar-refractivity contribution in [2.75, 3.05) is 24.2 Å². The molecule has 9 rings (SSSR count). The highest BCUT2D eigenvalue weighted by atomic mass is 32.2. The molecule has 1 fully saturated rings. The van der Waals surface area contributed by atoms with E-state index in [1.54, 1.807) is 41.7 Å². The van der Waals surface area contributed by atoms with E-state index < -0.39 is 62.5 Å². The number of aliphatic hydroxyl groups excluding tert-OH is 1. The summed E-state index contributed by atoms with van der Waals surface area (Å²) in [5.74, 6) is -3.10. The fourth-order valence-corrected chi connectivity index (χ4v) is 12.5. The number of hydrogen-bond donors (Lipinski definition) is 5. The van der Waals surface area contributed by atoms with Crippen molar-refractivity contribution in [3.05, 3.63) is 117 Å². The summed E-state index contributed by atoms with van der Waals surface area (Å²) in [6.45, 7) is 9.96. The van der Waals surface area contributed by atoms with E-state index in [-0.39, 0.29) is 60.2 Å². The number of unbranched alkanes of at least 4 members (excludes halogenated alkanes) is 7. The number of oxime groups is 1. The average Bonchev–Trinajstić information content (AvgIpc) is 4.41. The van der Waals surface area contributed by atoms with Crippen LogP contribution in [0, 0.1) is 24.0 Å². The highest BCUT2D eigenvalue weighted by Gasteiger charge is 2.47. The Kier molecular flexibility index (Phi) is 16.5. The van der Waals surface area contributed by atoms with Crippen molar-refractivity contribution in [1.82, 2.24) is 40.4 Å². The van der Waals surface area contributed by atoms with E-state index in [9.17, 15) is 37.1 Å². The molecule has 1 unspecified atom stereocenters. The lowest BCUT2D eigenvalue weighted by Gasteiger charge is -2.35. The number of anilines is 2. The minimum Gasteiger partial charge on any atom is -0.391 e. The number of hydrogen-bond acceptors (Lipinski definition) is 14. The zero-order chi connectivity index (χ0) is 56.6. The number of likely N-dealkylation sites (tertiary alicyclic amines) is 1. The summed E-state index contributed by atoms with van der Waals surface area (Å²) in [6, 6.07) is 10.4. The van der Waals surface area contributed by atoms with Crippen molar-refractivity contribution in [1.29, 1.82) is 0 Å². The monoisotopic (exact) mass is 1120 g/mol. The number of H-pyrrole nitrogens is 1. The van der Waals surface area contributed by atoms with Crippen LogP contribution in [0.4, 0.5) is 20.3 Å². The predicted molar refractivity (Wildman–Crippen MR) is 300 cm³/mol. The van der Waals surface area contributed by atoms with Gasteiger partial charge in [-0.15, -0.1) is 11.3 Å². The van der Waals surface area contributed by atoms with Crippen LogP contribution in [0.1, 0.15) is 125 Å². The van der Waals surface area contributed by atoms with Gasteiger partial charge in [0.1, 0.15) is 17.4 Å². The second kappa shape index (κ2) is 23.0. The summed E-state index contributed by atoms with van der Waals surface area (Å²) >= 11 is 1.58. The van der Waals surface area contributed by atoms with Crippen LogP contribution >= 0.6 is 11.3 Å². The number of fused-ring (bicyclic) bond motifs is 2. The molecule has 4 aromatic heterocycles. The Morgan fingerprint density at radius 3 is 2.38 bits per heavy atom. The summed E-state index contributed by atoms with van der Waals surface area (Å²) in [7, 11) is -2.08. The van der Waals surface area contributed by atoms with Crippen LogP contribution in [0.15, 0.2) is 76.5 Å². The smallest absolute Gasteiger partial charge is 0.274 e. The fraction of sp³-hybridized carbons (Fsp3) is 0.456. The lowest BCUT2D eigenvalue weighted by Crippen LogP contribution is -2.58. The summed E-state index contributed by atoms with van der Waals surface area (Å²) in [4.78, 5) is 76.6. The maximum Gasteiger partial charge on any atom is 0.274 e. The number of carbonyl (C=O) groups is 3. The Bertz CT molecular complexity index is 3500. The van der Waals surface area contributed by atoms with Crippen LogP contribution in [0.3, 0.4) is 0 Å². The number of aromatic amines is 1. The Morgan fingerprint density at radius 2 is 1.71 bits per heavy atom. The first-order valence-corrected chi connectivity index (χ1v) is 29.7. The van der Waals surface area contributed by atoms with Gasteiger partial charge in [-0.1, -0.05) is 88.7 Å². The normalized spacial score (nSPS) is 18.4. The number of carbonyl (C=O) groups excluding carboxylic acids is 3. The number of β-amino-alcohol motifs (C(OH)–C–C–N with tert-alkyl or cyclic N) is 1. The largest absolute Gasteiger partial charge is 0.391 e. The summed E-state index contributed by atoms with van der Waals surface area (Å²) < 4.78 is 56.7. The molecule has 6 aromatic rings. The molecule has 3 amide bonds. The minimum atomic E-state index is -3.67. The molecule has 420 valence electrons. The van der Waals surface area contributed by atoms with E-state index in [2.05, 4.69) is 36.1 Å². The topological polar surface area (TPSA) is 233 Å². The molecule has 3 aliphatic rings. The van der Waals surface area contributed by atoms with Gasteiger partial charge in [-0.05, 0) is 54.0 Å². The van der Waals surface area contributed by atoms with Crippen molar-refractivity contribution >= 4 is 67.1 Å². The van der Waals surface area contributed by atoms with Gasteiger partial charge in [0, 0.05) is 92.3 Å². The molecule has 4 atom stereocenters. The van der Waals surface area contributed by atoms with Gasteiger partial charge in [-0.3, -0.25) is 19.2 Å². The number of benzene rings is 2. The SMILES string of the molecule is Cc1ncsc1-c1ccc([C@]2(C)NC([C@@H]3C[C@@H](O)CN3C(=O)C(NC(=O)CCCCCCCCCCNC(=O)c3cc4c(cc3CS(C)(=O)=O)-c3cn(C)c(=O)c5[nH]cc(c35)CN4c3ncc(F)cc3F)C(C)(C)C)=NO2)cc1. The van der Waals surface area contributed by atoms with E-state index >= 15 is 4.39 Å². The molecular formula is C57H68F2N10O8S2. The van der Waals surface area contributed by atoms with Gasteiger partial charge in [0.2, 0.25) is 17.5 Å². The number of amides is 3. The predicted octanol–water partition coefficient (Wildman–Crippen LogP) is 8.37. The van der Waals surface area contributed by atoms with Crippen LogP contribution < -0.4 is 26.4 Å². The molecule has 2 aromatic carbocycles. The summed E-state index contributed by atoms with van der Waals surface area (Å²) in [6.07, 6.45) is 11.6. The van der Waals surface area contributed by atoms with Crippen molar-refractivity contribution in [2.24, 2.45) is 17.6 Å². The summed E-state index contributed by atoms with van der Waals surface area (Å²) in [5.41, 5.74) is 5.27. The molecule has 0 aliphatic carbocycles. The van der Waals surface area contributed by atoms with Gasteiger partial charge < -0.3 is 45.2 Å². The number of rotatable bonds is 20. The Balaban J connectivity index is 0.741. The van der Waals surface area contributed by atoms with Crippen LogP contribution in [-0.2, 0) is 49.3 Å². The molecule has 18 nitrogen and oxygen atoms in total. The lowest BCUT2D eigenvalue weighted by molar-refractivity contribution is -0.139. The maximum atomic E-state index is 15.6. The average molecular weight is 1120 g/mol. The molecule has 0 spiro atoms. The van der Waals surface area contributed by atoms with Gasteiger partial charge >= 0.3 is 0 Å². The second-order valence-electron chi connectivity index (χ2n) is 22.3. The number of halogens is 2. The molecule has 7 heterocycles. The third kappa shape index (κ3) is 12.4. The number of amidine groups is 1. The number of nitrogens with one attached hydrogen (secondary N) is 4. The Morgan fingerprint density at radius 1 is 1.00 bits per heavy atom. The number of sulfone groups is 1. The van der Waals surface area contributed by atoms with E-state index in [0.29, 0.717) is 64.6 Å². The molecule has 5 N–H and O–H groups in total. The van der Waals surface area contributed by atoms with Gasteiger partial charge in [0.25, 0.3) is 11.5 Å². The minimum absolute atomic E-state index is 0.00261. The maximum absolute atomic E-state index is 15.6. The Hall–Kier alpha value is -7.04. The Labute approximate surface area is 462 Å². The van der Waals surface area contributed by atoms with Gasteiger partial charge in [-0.2, -0.15) is 0 Å². The van der Waals surface area contributed by atoms with Crippen LogP contribution in [0.25, 0.3) is 32.5 Å². The first-order valence-electron chi connectivity index (χ1n) is 26.7. The number of nitrogens with zero attached hydrogens (tertiary/aromatic N) is 6. The van der Waals surface area contributed by atoms with Crippen molar-refractivity contribution < 1.29 is 41.5 Å². The van der Waals surface area contributed by atoms with Crippen LogP contribution in [0.5, 0.6) is 0 Å².